The summed E-state index contributed by atoms with van der Waals surface area (Å²) in [7, 11) is -1.33. The SMILES string of the molecule is CCCCNC(=O)CS(=O)Cc1nc(-c2ccccc2Cl)oc1C. The van der Waals surface area contributed by atoms with Gasteiger partial charge in [-0.2, -0.15) is 0 Å². The largest absolute Gasteiger partial charge is 0.441 e. The van der Waals surface area contributed by atoms with Crippen LogP contribution in [0.2, 0.25) is 5.02 Å². The lowest BCUT2D eigenvalue weighted by molar-refractivity contribution is -0.118. The Morgan fingerprint density at radius 1 is 1.38 bits per heavy atom. The van der Waals surface area contributed by atoms with E-state index in [1.807, 2.05) is 25.1 Å². The minimum absolute atomic E-state index is 0.0303. The van der Waals surface area contributed by atoms with Crippen molar-refractivity contribution in [2.75, 3.05) is 12.3 Å². The highest BCUT2D eigenvalue weighted by atomic mass is 35.5. The summed E-state index contributed by atoms with van der Waals surface area (Å²) in [5.41, 5.74) is 1.28. The molecule has 1 atom stereocenters. The minimum Gasteiger partial charge on any atom is -0.441 e. The van der Waals surface area contributed by atoms with E-state index in [0.29, 0.717) is 34.5 Å². The summed E-state index contributed by atoms with van der Waals surface area (Å²) in [6.07, 6.45) is 1.92. The zero-order valence-electron chi connectivity index (χ0n) is 13.8. The summed E-state index contributed by atoms with van der Waals surface area (Å²) in [6, 6.07) is 7.25. The van der Waals surface area contributed by atoms with Gasteiger partial charge in [0.1, 0.15) is 11.5 Å². The van der Waals surface area contributed by atoms with Crippen molar-refractivity contribution in [2.24, 2.45) is 0 Å². The van der Waals surface area contributed by atoms with Crippen LogP contribution in [0.3, 0.4) is 0 Å². The van der Waals surface area contributed by atoms with E-state index in [0.717, 1.165) is 12.8 Å². The molecule has 0 saturated carbocycles. The molecule has 0 radical (unpaired) electrons. The molecule has 0 spiro atoms. The maximum atomic E-state index is 12.2. The van der Waals surface area contributed by atoms with Gasteiger partial charge in [-0.3, -0.25) is 9.00 Å². The van der Waals surface area contributed by atoms with Crippen molar-refractivity contribution >= 4 is 28.3 Å². The molecular formula is C17H21ClN2O3S. The number of aromatic nitrogens is 1. The zero-order valence-corrected chi connectivity index (χ0v) is 15.4. The molecule has 1 unspecified atom stereocenters. The maximum absolute atomic E-state index is 12.2. The van der Waals surface area contributed by atoms with Crippen molar-refractivity contribution in [3.63, 3.8) is 0 Å². The number of amides is 1. The highest BCUT2D eigenvalue weighted by molar-refractivity contribution is 7.84. The van der Waals surface area contributed by atoms with Gasteiger partial charge >= 0.3 is 0 Å². The molecular weight excluding hydrogens is 348 g/mol. The van der Waals surface area contributed by atoms with Gasteiger partial charge in [-0.1, -0.05) is 37.1 Å². The summed E-state index contributed by atoms with van der Waals surface area (Å²) < 4.78 is 17.8. The van der Waals surface area contributed by atoms with E-state index in [1.165, 1.54) is 0 Å². The Morgan fingerprint density at radius 3 is 2.83 bits per heavy atom. The normalized spacial score (nSPS) is 12.1. The number of rotatable bonds is 8. The van der Waals surface area contributed by atoms with Crippen LogP contribution in [0.25, 0.3) is 11.5 Å². The number of carbonyl (C=O) groups excluding carboxylic acids is 1. The highest BCUT2D eigenvalue weighted by Gasteiger charge is 2.17. The van der Waals surface area contributed by atoms with Gasteiger partial charge in [-0.05, 0) is 25.5 Å². The number of hydrogen-bond donors (Lipinski definition) is 1. The molecule has 0 aliphatic rings. The Bertz CT molecular complexity index is 730. The Labute approximate surface area is 149 Å². The average molecular weight is 369 g/mol. The van der Waals surface area contributed by atoms with Crippen LogP contribution in [0.15, 0.2) is 28.7 Å². The van der Waals surface area contributed by atoms with Crippen LogP contribution in [0.4, 0.5) is 0 Å². The van der Waals surface area contributed by atoms with Gasteiger partial charge in [-0.25, -0.2) is 4.98 Å². The van der Waals surface area contributed by atoms with E-state index >= 15 is 0 Å². The van der Waals surface area contributed by atoms with Crippen LogP contribution in [0, 0.1) is 6.92 Å². The number of unbranched alkanes of at least 4 members (excludes halogenated alkanes) is 1. The van der Waals surface area contributed by atoms with Crippen LogP contribution in [-0.4, -0.2) is 27.4 Å². The second kappa shape index (κ2) is 8.99. The van der Waals surface area contributed by atoms with Gasteiger partial charge in [0.05, 0.1) is 22.0 Å². The molecule has 130 valence electrons. The third-order valence-corrected chi connectivity index (χ3v) is 4.95. The predicted molar refractivity (Wildman–Crippen MR) is 96.3 cm³/mol. The lowest BCUT2D eigenvalue weighted by atomic mass is 10.2. The van der Waals surface area contributed by atoms with Crippen LogP contribution >= 0.6 is 11.6 Å². The molecule has 5 nitrogen and oxygen atoms in total. The van der Waals surface area contributed by atoms with Gasteiger partial charge in [0.15, 0.2) is 0 Å². The highest BCUT2D eigenvalue weighted by Crippen LogP contribution is 2.28. The molecule has 0 saturated heterocycles. The molecule has 1 aromatic carbocycles. The maximum Gasteiger partial charge on any atom is 0.232 e. The average Bonchev–Trinajstić information content (AvgIpc) is 2.88. The zero-order chi connectivity index (χ0) is 17.5. The summed E-state index contributed by atoms with van der Waals surface area (Å²) in [6.45, 7) is 4.43. The van der Waals surface area contributed by atoms with Crippen molar-refractivity contribution < 1.29 is 13.4 Å². The number of halogens is 1. The van der Waals surface area contributed by atoms with Crippen LogP contribution < -0.4 is 5.32 Å². The number of nitrogens with zero attached hydrogens (tertiary/aromatic N) is 1. The molecule has 1 N–H and O–H groups in total. The molecule has 1 aromatic heterocycles. The molecule has 1 heterocycles. The fraction of sp³-hybridized carbons (Fsp3) is 0.412. The van der Waals surface area contributed by atoms with E-state index in [-0.39, 0.29) is 17.4 Å². The minimum atomic E-state index is -1.33. The number of benzene rings is 1. The van der Waals surface area contributed by atoms with E-state index in [2.05, 4.69) is 10.3 Å². The van der Waals surface area contributed by atoms with Crippen molar-refractivity contribution in [2.45, 2.75) is 32.4 Å². The molecule has 1 amide bonds. The lowest BCUT2D eigenvalue weighted by Gasteiger charge is -2.03. The number of hydrogen-bond acceptors (Lipinski definition) is 4. The predicted octanol–water partition coefficient (Wildman–Crippen LogP) is 3.47. The lowest BCUT2D eigenvalue weighted by Crippen LogP contribution is -2.29. The van der Waals surface area contributed by atoms with Crippen LogP contribution in [-0.2, 0) is 21.3 Å². The van der Waals surface area contributed by atoms with Crippen LogP contribution in [0.5, 0.6) is 0 Å². The molecule has 0 bridgehead atoms. The molecule has 2 aromatic rings. The molecule has 7 heteroatoms. The van der Waals surface area contributed by atoms with E-state index < -0.39 is 10.8 Å². The van der Waals surface area contributed by atoms with Crippen LogP contribution in [0.1, 0.15) is 31.2 Å². The standard InChI is InChI=1S/C17H21ClN2O3S/c1-3-4-9-19-16(21)11-24(22)10-15-12(2)23-17(20-15)13-7-5-6-8-14(13)18/h5-8H,3-4,9-11H2,1-2H3,(H,19,21). The first-order valence-electron chi connectivity index (χ1n) is 7.84. The molecule has 0 aliphatic heterocycles. The summed E-state index contributed by atoms with van der Waals surface area (Å²) in [5.74, 6) is 0.940. The van der Waals surface area contributed by atoms with Gasteiger partial charge in [0.2, 0.25) is 11.8 Å². The quantitative estimate of drug-likeness (QED) is 0.724. The Kier molecular flexibility index (Phi) is 6.99. The first-order valence-corrected chi connectivity index (χ1v) is 9.70. The second-order valence-electron chi connectivity index (χ2n) is 5.43. The first-order chi connectivity index (χ1) is 11.5. The van der Waals surface area contributed by atoms with Gasteiger partial charge in [0.25, 0.3) is 0 Å². The van der Waals surface area contributed by atoms with E-state index in [4.69, 9.17) is 16.0 Å². The molecule has 24 heavy (non-hydrogen) atoms. The molecule has 0 aliphatic carbocycles. The number of oxazole rings is 1. The topological polar surface area (TPSA) is 72.2 Å². The van der Waals surface area contributed by atoms with Crippen molar-refractivity contribution in [3.8, 4) is 11.5 Å². The van der Waals surface area contributed by atoms with Gasteiger partial charge < -0.3 is 9.73 Å². The summed E-state index contributed by atoms with van der Waals surface area (Å²) in [5, 5.41) is 3.30. The Balaban J connectivity index is 1.99. The monoisotopic (exact) mass is 368 g/mol. The number of carbonyl (C=O) groups is 1. The van der Waals surface area contributed by atoms with Crippen molar-refractivity contribution in [3.05, 3.63) is 40.7 Å². The Morgan fingerprint density at radius 2 is 2.12 bits per heavy atom. The summed E-state index contributed by atoms with van der Waals surface area (Å²) >= 11 is 6.14. The van der Waals surface area contributed by atoms with Gasteiger partial charge in [-0.15, -0.1) is 0 Å². The Hall–Kier alpha value is -1.66. The van der Waals surface area contributed by atoms with E-state index in [1.54, 1.807) is 13.0 Å². The fourth-order valence-electron chi connectivity index (χ4n) is 2.12. The smallest absolute Gasteiger partial charge is 0.232 e. The second-order valence-corrected chi connectivity index (χ2v) is 7.30. The molecule has 0 fully saturated rings. The first kappa shape index (κ1) is 18.7. The van der Waals surface area contributed by atoms with Crippen molar-refractivity contribution in [1.82, 2.24) is 10.3 Å². The van der Waals surface area contributed by atoms with E-state index in [9.17, 15) is 9.00 Å². The third-order valence-electron chi connectivity index (χ3n) is 3.44. The third kappa shape index (κ3) is 5.18. The molecule has 2 rings (SSSR count). The van der Waals surface area contributed by atoms with Crippen molar-refractivity contribution in [1.29, 1.82) is 0 Å². The fourth-order valence-corrected chi connectivity index (χ4v) is 3.40. The summed E-state index contributed by atoms with van der Waals surface area (Å²) in [4.78, 5) is 16.1. The number of aryl methyl sites for hydroxylation is 1. The van der Waals surface area contributed by atoms with Gasteiger partial charge in [0, 0.05) is 17.3 Å². The number of nitrogens with one attached hydrogen (secondary N) is 1.